The van der Waals surface area contributed by atoms with Crippen LogP contribution in [-0.4, -0.2) is 53.4 Å². The van der Waals surface area contributed by atoms with Gasteiger partial charge in [0.05, 0.1) is 11.3 Å². The molecule has 1 fully saturated rings. The SMILES string of the molecule is CC(OC(=O)CN1CCCCCC1=O)C(=O)Nc1cccc2c1C(=O)c1ccccc1C2=O. The van der Waals surface area contributed by atoms with Crippen molar-refractivity contribution in [2.24, 2.45) is 0 Å². The van der Waals surface area contributed by atoms with Crippen molar-refractivity contribution in [3.8, 4) is 0 Å². The molecular formula is C25H24N2O6. The lowest BCUT2D eigenvalue weighted by molar-refractivity contribution is -0.156. The highest BCUT2D eigenvalue weighted by Gasteiger charge is 2.32. The van der Waals surface area contributed by atoms with Crippen molar-refractivity contribution in [2.45, 2.75) is 38.7 Å². The van der Waals surface area contributed by atoms with Crippen LogP contribution in [0.25, 0.3) is 0 Å². The molecule has 4 rings (SSSR count). The number of ether oxygens (including phenoxy) is 1. The van der Waals surface area contributed by atoms with Gasteiger partial charge in [0.1, 0.15) is 6.54 Å². The molecule has 1 saturated heterocycles. The summed E-state index contributed by atoms with van der Waals surface area (Å²) >= 11 is 0. The molecule has 0 aromatic heterocycles. The summed E-state index contributed by atoms with van der Waals surface area (Å²) in [6, 6.07) is 11.2. The Morgan fingerprint density at radius 2 is 1.64 bits per heavy atom. The van der Waals surface area contributed by atoms with Crippen molar-refractivity contribution in [2.75, 3.05) is 18.4 Å². The lowest BCUT2D eigenvalue weighted by Gasteiger charge is -2.22. The number of amides is 2. The number of fused-ring (bicyclic) bond motifs is 2. The molecule has 33 heavy (non-hydrogen) atoms. The summed E-state index contributed by atoms with van der Waals surface area (Å²) in [5.41, 5.74) is 1.10. The van der Waals surface area contributed by atoms with E-state index in [0.29, 0.717) is 18.5 Å². The van der Waals surface area contributed by atoms with Gasteiger partial charge in [-0.15, -0.1) is 0 Å². The molecule has 2 aliphatic rings. The number of hydrogen-bond donors (Lipinski definition) is 1. The van der Waals surface area contributed by atoms with Crippen LogP contribution in [0.15, 0.2) is 42.5 Å². The van der Waals surface area contributed by atoms with Gasteiger partial charge in [0, 0.05) is 29.7 Å². The van der Waals surface area contributed by atoms with E-state index < -0.39 is 18.0 Å². The van der Waals surface area contributed by atoms with Crippen molar-refractivity contribution in [1.29, 1.82) is 0 Å². The standard InChI is InChI=1S/C25H24N2O6/c1-15(33-21(29)14-27-13-6-2-3-12-20(27)28)25(32)26-19-11-7-10-18-22(19)24(31)17-9-5-4-8-16(17)23(18)30/h4-5,7-11,15H,2-3,6,12-14H2,1H3,(H,26,32). The van der Waals surface area contributed by atoms with Crippen molar-refractivity contribution in [3.63, 3.8) is 0 Å². The molecule has 1 unspecified atom stereocenters. The second kappa shape index (κ2) is 9.36. The van der Waals surface area contributed by atoms with Crippen molar-refractivity contribution in [3.05, 3.63) is 64.7 Å². The molecule has 0 spiro atoms. The lowest BCUT2D eigenvalue weighted by Crippen LogP contribution is -2.39. The van der Waals surface area contributed by atoms with Gasteiger partial charge in [0.2, 0.25) is 5.91 Å². The largest absolute Gasteiger partial charge is 0.451 e. The zero-order valence-electron chi connectivity index (χ0n) is 18.3. The molecule has 2 aromatic rings. The van der Waals surface area contributed by atoms with E-state index in [1.54, 1.807) is 36.4 Å². The van der Waals surface area contributed by atoms with Crippen LogP contribution in [0.3, 0.4) is 0 Å². The summed E-state index contributed by atoms with van der Waals surface area (Å²) in [7, 11) is 0. The maximum atomic E-state index is 13.1. The Bertz CT molecular complexity index is 1160. The quantitative estimate of drug-likeness (QED) is 0.601. The third-order valence-corrected chi connectivity index (χ3v) is 5.88. The first kappa shape index (κ1) is 22.4. The number of hydrogen-bond acceptors (Lipinski definition) is 6. The minimum atomic E-state index is -1.16. The maximum Gasteiger partial charge on any atom is 0.326 e. The molecule has 0 radical (unpaired) electrons. The number of benzene rings is 2. The number of rotatable bonds is 5. The van der Waals surface area contributed by atoms with E-state index in [9.17, 15) is 24.0 Å². The first-order valence-corrected chi connectivity index (χ1v) is 11.0. The Morgan fingerprint density at radius 1 is 0.939 bits per heavy atom. The Kier molecular flexibility index (Phi) is 6.35. The number of nitrogens with zero attached hydrogens (tertiary/aromatic N) is 1. The number of nitrogens with one attached hydrogen (secondary N) is 1. The molecule has 1 aliphatic heterocycles. The molecule has 1 heterocycles. The molecular weight excluding hydrogens is 424 g/mol. The first-order valence-electron chi connectivity index (χ1n) is 11.0. The van der Waals surface area contributed by atoms with E-state index in [-0.39, 0.29) is 46.4 Å². The van der Waals surface area contributed by atoms with E-state index in [1.807, 2.05) is 0 Å². The van der Waals surface area contributed by atoms with Gasteiger partial charge in [-0.05, 0) is 25.8 Å². The molecule has 170 valence electrons. The van der Waals surface area contributed by atoms with Gasteiger partial charge in [0.25, 0.3) is 5.91 Å². The maximum absolute atomic E-state index is 13.1. The summed E-state index contributed by atoms with van der Waals surface area (Å²) in [4.78, 5) is 64.4. The highest BCUT2D eigenvalue weighted by molar-refractivity contribution is 6.30. The van der Waals surface area contributed by atoms with Gasteiger partial charge < -0.3 is 15.0 Å². The van der Waals surface area contributed by atoms with Crippen LogP contribution >= 0.6 is 0 Å². The Hall–Kier alpha value is -3.81. The van der Waals surface area contributed by atoms with Gasteiger partial charge >= 0.3 is 5.97 Å². The topological polar surface area (TPSA) is 110 Å². The highest BCUT2D eigenvalue weighted by atomic mass is 16.5. The average molecular weight is 448 g/mol. The zero-order valence-corrected chi connectivity index (χ0v) is 18.3. The summed E-state index contributed by atoms with van der Waals surface area (Å²) in [6.07, 6.45) is 1.80. The minimum absolute atomic E-state index is 0.0964. The van der Waals surface area contributed by atoms with Gasteiger partial charge in [-0.1, -0.05) is 42.8 Å². The molecule has 1 aliphatic carbocycles. The van der Waals surface area contributed by atoms with Crippen LogP contribution in [-0.2, 0) is 19.1 Å². The number of esters is 1. The fourth-order valence-electron chi connectivity index (χ4n) is 4.13. The van der Waals surface area contributed by atoms with Gasteiger partial charge in [-0.25, -0.2) is 0 Å². The van der Waals surface area contributed by atoms with E-state index in [1.165, 1.54) is 17.9 Å². The number of likely N-dealkylation sites (tertiary alicyclic amines) is 1. The van der Waals surface area contributed by atoms with Crippen LogP contribution in [0.4, 0.5) is 5.69 Å². The number of anilines is 1. The normalized spacial score (nSPS) is 16.4. The third-order valence-electron chi connectivity index (χ3n) is 5.88. The smallest absolute Gasteiger partial charge is 0.326 e. The summed E-state index contributed by atoms with van der Waals surface area (Å²) < 4.78 is 5.23. The van der Waals surface area contributed by atoms with Crippen LogP contribution in [0.2, 0.25) is 0 Å². The molecule has 2 aromatic carbocycles. The number of ketones is 2. The van der Waals surface area contributed by atoms with E-state index in [2.05, 4.69) is 5.32 Å². The second-order valence-electron chi connectivity index (χ2n) is 8.18. The average Bonchev–Trinajstić information content (AvgIpc) is 3.01. The first-order chi connectivity index (χ1) is 15.9. The molecule has 0 saturated carbocycles. The van der Waals surface area contributed by atoms with E-state index >= 15 is 0 Å². The van der Waals surface area contributed by atoms with Gasteiger partial charge in [-0.2, -0.15) is 0 Å². The van der Waals surface area contributed by atoms with Crippen LogP contribution in [0.5, 0.6) is 0 Å². The summed E-state index contributed by atoms with van der Waals surface area (Å²) in [6.45, 7) is 1.69. The van der Waals surface area contributed by atoms with Crippen molar-refractivity contribution >= 4 is 35.0 Å². The molecule has 8 heteroatoms. The Morgan fingerprint density at radius 3 is 2.39 bits per heavy atom. The Labute approximate surface area is 190 Å². The molecule has 0 bridgehead atoms. The predicted molar refractivity (Wildman–Crippen MR) is 119 cm³/mol. The zero-order chi connectivity index (χ0) is 23.5. The van der Waals surface area contributed by atoms with E-state index in [0.717, 1.165) is 19.3 Å². The van der Waals surface area contributed by atoms with Crippen molar-refractivity contribution in [1.82, 2.24) is 4.90 Å². The molecule has 1 N–H and O–H groups in total. The lowest BCUT2D eigenvalue weighted by atomic mass is 9.83. The van der Waals surface area contributed by atoms with Gasteiger partial charge in [0.15, 0.2) is 17.7 Å². The minimum Gasteiger partial charge on any atom is -0.451 e. The monoisotopic (exact) mass is 448 g/mol. The predicted octanol–water partition coefficient (Wildman–Crippen LogP) is 2.73. The van der Waals surface area contributed by atoms with Gasteiger partial charge in [-0.3, -0.25) is 24.0 Å². The van der Waals surface area contributed by atoms with Crippen molar-refractivity contribution < 1.29 is 28.7 Å². The number of carbonyl (C=O) groups excluding carboxylic acids is 5. The summed E-state index contributed by atoms with van der Waals surface area (Å²) in [5.74, 6) is -2.07. The molecule has 8 nitrogen and oxygen atoms in total. The highest BCUT2D eigenvalue weighted by Crippen LogP contribution is 2.32. The van der Waals surface area contributed by atoms with Crippen LogP contribution in [0.1, 0.15) is 64.4 Å². The third kappa shape index (κ3) is 4.55. The number of carbonyl (C=O) groups is 5. The van der Waals surface area contributed by atoms with Crippen LogP contribution in [0, 0.1) is 0 Å². The summed E-state index contributed by atoms with van der Waals surface area (Å²) in [5, 5.41) is 2.61. The fourth-order valence-corrected chi connectivity index (χ4v) is 4.13. The molecule has 2 amide bonds. The fraction of sp³-hybridized carbons (Fsp3) is 0.320. The molecule has 1 atom stereocenters. The Balaban J connectivity index is 1.46. The second-order valence-corrected chi connectivity index (χ2v) is 8.18. The van der Waals surface area contributed by atoms with Crippen LogP contribution < -0.4 is 5.32 Å². The van der Waals surface area contributed by atoms with E-state index in [4.69, 9.17) is 4.74 Å².